The fourth-order valence-electron chi connectivity index (χ4n) is 3.30. The number of ether oxygens (including phenoxy) is 2. The number of nitrogens with zero attached hydrogens (tertiary/aromatic N) is 1. The maximum absolute atomic E-state index is 12.6. The average molecular weight is 388 g/mol. The SMILES string of the molecule is CCOC(=O)[C@]1(CC)C[C@@](C)(c2csc(Nc3ccc(C)cc3)n2)OC1=O. The molecule has 144 valence electrons. The van der Waals surface area contributed by atoms with Gasteiger partial charge in [-0.25, -0.2) is 4.98 Å². The molecule has 0 spiro atoms. The van der Waals surface area contributed by atoms with Crippen LogP contribution >= 0.6 is 11.3 Å². The predicted molar refractivity (Wildman–Crippen MR) is 104 cm³/mol. The Labute approximate surface area is 162 Å². The van der Waals surface area contributed by atoms with Crippen molar-refractivity contribution in [3.63, 3.8) is 0 Å². The predicted octanol–water partition coefficient (Wildman–Crippen LogP) is 4.32. The molecule has 2 heterocycles. The summed E-state index contributed by atoms with van der Waals surface area (Å²) >= 11 is 1.43. The molecule has 1 aliphatic rings. The highest BCUT2D eigenvalue weighted by Gasteiger charge is 2.60. The second-order valence-corrected chi connectivity index (χ2v) is 7.84. The second-order valence-electron chi connectivity index (χ2n) is 6.98. The van der Waals surface area contributed by atoms with Gasteiger partial charge in [-0.3, -0.25) is 9.59 Å². The molecule has 2 atom stereocenters. The third kappa shape index (κ3) is 3.56. The smallest absolute Gasteiger partial charge is 0.324 e. The first kappa shape index (κ1) is 19.4. The molecule has 1 aromatic carbocycles. The van der Waals surface area contributed by atoms with E-state index < -0.39 is 23.0 Å². The van der Waals surface area contributed by atoms with E-state index in [-0.39, 0.29) is 13.0 Å². The van der Waals surface area contributed by atoms with Gasteiger partial charge < -0.3 is 14.8 Å². The normalized spacial score (nSPS) is 24.5. The standard InChI is InChI=1S/C20H24N2O4S/c1-5-20(16(23)25-6-2)12-19(4,26-17(20)24)15-11-27-18(22-15)21-14-9-7-13(3)8-10-14/h7-11H,5-6,12H2,1-4H3,(H,21,22)/t19-,20-/m0/s1. The summed E-state index contributed by atoms with van der Waals surface area (Å²) in [6.07, 6.45) is 0.556. The molecule has 0 bridgehead atoms. The van der Waals surface area contributed by atoms with Gasteiger partial charge in [0.05, 0.1) is 12.3 Å². The third-order valence-corrected chi connectivity index (χ3v) is 5.72. The summed E-state index contributed by atoms with van der Waals surface area (Å²) < 4.78 is 10.8. The minimum Gasteiger partial charge on any atom is -0.465 e. The van der Waals surface area contributed by atoms with Crippen molar-refractivity contribution < 1.29 is 19.1 Å². The molecule has 0 unspecified atom stereocenters. The number of nitrogens with one attached hydrogen (secondary N) is 1. The highest BCUT2D eigenvalue weighted by Crippen LogP contribution is 2.49. The minimum absolute atomic E-state index is 0.224. The molecular weight excluding hydrogens is 364 g/mol. The fourth-order valence-corrected chi connectivity index (χ4v) is 4.16. The zero-order valence-corrected chi connectivity index (χ0v) is 16.8. The Morgan fingerprint density at radius 2 is 2.04 bits per heavy atom. The van der Waals surface area contributed by atoms with E-state index in [1.165, 1.54) is 16.9 Å². The van der Waals surface area contributed by atoms with Crippen LogP contribution in [0.15, 0.2) is 29.6 Å². The maximum Gasteiger partial charge on any atom is 0.324 e. The quantitative estimate of drug-likeness (QED) is 0.587. The van der Waals surface area contributed by atoms with E-state index in [1.807, 2.05) is 36.6 Å². The van der Waals surface area contributed by atoms with Crippen molar-refractivity contribution in [1.29, 1.82) is 0 Å². The summed E-state index contributed by atoms with van der Waals surface area (Å²) in [6.45, 7) is 7.59. The zero-order chi connectivity index (χ0) is 19.7. The van der Waals surface area contributed by atoms with Crippen LogP contribution in [0.5, 0.6) is 0 Å². The molecule has 2 aromatic rings. The van der Waals surface area contributed by atoms with Crippen LogP contribution in [0.1, 0.15) is 44.9 Å². The number of aromatic nitrogens is 1. The van der Waals surface area contributed by atoms with Crippen molar-refractivity contribution in [3.8, 4) is 0 Å². The lowest BCUT2D eigenvalue weighted by molar-refractivity contribution is -0.166. The lowest BCUT2D eigenvalue weighted by atomic mass is 9.78. The summed E-state index contributed by atoms with van der Waals surface area (Å²) in [4.78, 5) is 29.6. The van der Waals surface area contributed by atoms with Crippen LogP contribution in [0.25, 0.3) is 0 Å². The van der Waals surface area contributed by atoms with Gasteiger partial charge in [0.1, 0.15) is 0 Å². The van der Waals surface area contributed by atoms with Gasteiger partial charge >= 0.3 is 11.9 Å². The molecule has 6 nitrogen and oxygen atoms in total. The molecule has 7 heteroatoms. The van der Waals surface area contributed by atoms with Gasteiger partial charge in [-0.1, -0.05) is 24.6 Å². The lowest BCUT2D eigenvalue weighted by Crippen LogP contribution is -2.37. The summed E-state index contributed by atoms with van der Waals surface area (Å²) in [6, 6.07) is 8.00. The van der Waals surface area contributed by atoms with Crippen molar-refractivity contribution in [2.45, 2.75) is 46.1 Å². The molecule has 1 saturated heterocycles. The first-order valence-electron chi connectivity index (χ1n) is 9.03. The van der Waals surface area contributed by atoms with Crippen LogP contribution in [0.2, 0.25) is 0 Å². The molecule has 27 heavy (non-hydrogen) atoms. The minimum atomic E-state index is -1.26. The van der Waals surface area contributed by atoms with Crippen LogP contribution in [0, 0.1) is 12.3 Å². The summed E-state index contributed by atoms with van der Waals surface area (Å²) in [5.74, 6) is -1.05. The Hall–Kier alpha value is -2.41. The number of anilines is 2. The number of hydrogen-bond donors (Lipinski definition) is 1. The van der Waals surface area contributed by atoms with Gasteiger partial charge in [0.15, 0.2) is 16.1 Å². The zero-order valence-electron chi connectivity index (χ0n) is 16.0. The number of cyclic esters (lactones) is 1. The molecule has 0 saturated carbocycles. The molecule has 0 amide bonds. The molecule has 0 aliphatic carbocycles. The summed E-state index contributed by atoms with van der Waals surface area (Å²) in [5.41, 5.74) is 0.530. The Balaban J connectivity index is 1.82. The van der Waals surface area contributed by atoms with Gasteiger partial charge in [-0.05, 0) is 39.3 Å². The molecule has 3 rings (SSSR count). The monoisotopic (exact) mass is 388 g/mol. The van der Waals surface area contributed by atoms with E-state index in [9.17, 15) is 9.59 Å². The largest absolute Gasteiger partial charge is 0.465 e. The van der Waals surface area contributed by atoms with E-state index in [1.54, 1.807) is 20.8 Å². The van der Waals surface area contributed by atoms with E-state index in [2.05, 4.69) is 10.3 Å². The van der Waals surface area contributed by atoms with Crippen molar-refractivity contribution in [2.75, 3.05) is 11.9 Å². The first-order valence-corrected chi connectivity index (χ1v) is 9.91. The Morgan fingerprint density at radius 1 is 1.33 bits per heavy atom. The van der Waals surface area contributed by atoms with E-state index >= 15 is 0 Å². The van der Waals surface area contributed by atoms with Gasteiger partial charge in [0.25, 0.3) is 0 Å². The van der Waals surface area contributed by atoms with Crippen LogP contribution in [0.3, 0.4) is 0 Å². The first-order chi connectivity index (χ1) is 12.8. The highest BCUT2D eigenvalue weighted by atomic mass is 32.1. The molecule has 1 aliphatic heterocycles. The van der Waals surface area contributed by atoms with Gasteiger partial charge in [0, 0.05) is 17.5 Å². The lowest BCUT2D eigenvalue weighted by Gasteiger charge is -2.23. The third-order valence-electron chi connectivity index (χ3n) is 4.97. The fraction of sp³-hybridized carbons (Fsp3) is 0.450. The molecule has 1 fully saturated rings. The number of benzene rings is 1. The summed E-state index contributed by atoms with van der Waals surface area (Å²) in [5, 5.41) is 5.82. The number of carbonyl (C=O) groups is 2. The van der Waals surface area contributed by atoms with E-state index in [4.69, 9.17) is 9.47 Å². The van der Waals surface area contributed by atoms with Crippen LogP contribution in [0.4, 0.5) is 10.8 Å². The van der Waals surface area contributed by atoms with Crippen molar-refractivity contribution >= 4 is 34.1 Å². The van der Waals surface area contributed by atoms with Crippen LogP contribution in [-0.2, 0) is 24.7 Å². The Kier molecular flexibility index (Phi) is 5.24. The topological polar surface area (TPSA) is 77.5 Å². The average Bonchev–Trinajstić information content (AvgIpc) is 3.21. The Bertz CT molecular complexity index is 848. The number of hydrogen-bond acceptors (Lipinski definition) is 7. The number of aryl methyl sites for hydroxylation is 1. The maximum atomic E-state index is 12.6. The summed E-state index contributed by atoms with van der Waals surface area (Å²) in [7, 11) is 0. The van der Waals surface area contributed by atoms with Crippen molar-refractivity contribution in [1.82, 2.24) is 4.98 Å². The number of thiazole rings is 1. The van der Waals surface area contributed by atoms with Gasteiger partial charge in [0.2, 0.25) is 0 Å². The molecular formula is C20H24N2O4S. The number of esters is 2. The Morgan fingerprint density at radius 3 is 2.67 bits per heavy atom. The molecule has 1 aromatic heterocycles. The molecule has 0 radical (unpaired) electrons. The number of carbonyl (C=O) groups excluding carboxylic acids is 2. The number of rotatable bonds is 6. The van der Waals surface area contributed by atoms with Gasteiger partial charge in [-0.2, -0.15) is 0 Å². The van der Waals surface area contributed by atoms with Crippen LogP contribution < -0.4 is 5.32 Å². The van der Waals surface area contributed by atoms with E-state index in [0.717, 1.165) is 5.69 Å². The van der Waals surface area contributed by atoms with Crippen LogP contribution in [-0.4, -0.2) is 23.5 Å². The van der Waals surface area contributed by atoms with Crippen molar-refractivity contribution in [3.05, 3.63) is 40.9 Å². The van der Waals surface area contributed by atoms with E-state index in [0.29, 0.717) is 17.2 Å². The molecule has 1 N–H and O–H groups in total. The highest BCUT2D eigenvalue weighted by molar-refractivity contribution is 7.13. The van der Waals surface area contributed by atoms with Gasteiger partial charge in [-0.15, -0.1) is 11.3 Å². The second kappa shape index (κ2) is 7.31. The van der Waals surface area contributed by atoms with Crippen molar-refractivity contribution in [2.24, 2.45) is 5.41 Å².